The Morgan fingerprint density at radius 2 is 2.00 bits per heavy atom. The highest BCUT2D eigenvalue weighted by Crippen LogP contribution is 2.36. The summed E-state index contributed by atoms with van der Waals surface area (Å²) >= 11 is 6.73. The molecule has 1 fully saturated rings. The number of ether oxygens (including phenoxy) is 2. The summed E-state index contributed by atoms with van der Waals surface area (Å²) in [7, 11) is 1.60. The van der Waals surface area contributed by atoms with E-state index in [1.165, 1.54) is 11.8 Å². The van der Waals surface area contributed by atoms with Gasteiger partial charge in [0.05, 0.1) is 23.7 Å². The molecule has 2 heterocycles. The highest BCUT2D eigenvalue weighted by Gasteiger charge is 2.32. The van der Waals surface area contributed by atoms with Gasteiger partial charge >= 0.3 is 0 Å². The summed E-state index contributed by atoms with van der Waals surface area (Å²) in [6, 6.07) is 15.8. The maximum Gasteiger partial charge on any atom is 0.266 e. The van der Waals surface area contributed by atoms with Gasteiger partial charge in [0.1, 0.15) is 22.4 Å². The average molecular weight is 492 g/mol. The van der Waals surface area contributed by atoms with Crippen LogP contribution in [0, 0.1) is 6.92 Å². The second-order valence-electron chi connectivity index (χ2n) is 7.62. The molecular formula is C26H25N3O3S2. The molecule has 1 amide bonds. The second-order valence-corrected chi connectivity index (χ2v) is 9.29. The molecule has 0 N–H and O–H groups in total. The molecule has 3 aromatic rings. The van der Waals surface area contributed by atoms with E-state index < -0.39 is 0 Å². The summed E-state index contributed by atoms with van der Waals surface area (Å²) in [4.78, 5) is 15.1. The lowest BCUT2D eigenvalue weighted by Gasteiger charge is -2.12. The summed E-state index contributed by atoms with van der Waals surface area (Å²) in [6.45, 7) is 7.01. The zero-order valence-electron chi connectivity index (χ0n) is 19.1. The van der Waals surface area contributed by atoms with Gasteiger partial charge in [0.2, 0.25) is 0 Å². The Balaban J connectivity index is 1.76. The summed E-state index contributed by atoms with van der Waals surface area (Å²) in [5.41, 5.74) is 4.52. The second kappa shape index (κ2) is 10.8. The fourth-order valence-electron chi connectivity index (χ4n) is 3.58. The van der Waals surface area contributed by atoms with Crippen LogP contribution in [-0.4, -0.2) is 51.8 Å². The van der Waals surface area contributed by atoms with Gasteiger partial charge in [0.25, 0.3) is 5.91 Å². The highest BCUT2D eigenvalue weighted by atomic mass is 32.2. The lowest BCUT2D eigenvalue weighted by Crippen LogP contribution is -2.31. The van der Waals surface area contributed by atoms with Crippen molar-refractivity contribution in [3.63, 3.8) is 0 Å². The molecule has 1 aliphatic heterocycles. The van der Waals surface area contributed by atoms with Gasteiger partial charge in [-0.15, -0.1) is 0 Å². The number of benzene rings is 2. The molecule has 0 unspecified atom stereocenters. The van der Waals surface area contributed by atoms with Gasteiger partial charge in [-0.2, -0.15) is 5.10 Å². The SMILES string of the molecule is C=CCOc1ccc(-c2nn(-c3ccccc3)cc2/C=C2/SC(=S)N(CCOC)C2=O)c(C)c1. The van der Waals surface area contributed by atoms with Crippen molar-refractivity contribution in [2.24, 2.45) is 0 Å². The molecule has 1 aromatic heterocycles. The summed E-state index contributed by atoms with van der Waals surface area (Å²) in [6.07, 6.45) is 5.52. The van der Waals surface area contributed by atoms with Crippen molar-refractivity contribution < 1.29 is 14.3 Å². The normalized spacial score (nSPS) is 14.8. The first kappa shape index (κ1) is 23.9. The standard InChI is InChI=1S/C26H25N3O3S2/c1-4-13-32-21-10-11-22(18(2)15-21)24-19(17-29(27-24)20-8-6-5-7-9-20)16-23-25(30)28(12-14-31-3)26(33)34-23/h4-11,15-17H,1,12-14H2,2-3H3/b23-16+. The minimum absolute atomic E-state index is 0.115. The summed E-state index contributed by atoms with van der Waals surface area (Å²) in [5.74, 6) is 0.652. The van der Waals surface area contributed by atoms with E-state index in [2.05, 4.69) is 6.58 Å². The molecule has 0 bridgehead atoms. The van der Waals surface area contributed by atoms with E-state index in [0.29, 0.717) is 29.0 Å². The molecule has 0 radical (unpaired) electrons. The number of methoxy groups -OCH3 is 1. The van der Waals surface area contributed by atoms with Crippen LogP contribution in [0.2, 0.25) is 0 Å². The van der Waals surface area contributed by atoms with Crippen LogP contribution in [0.1, 0.15) is 11.1 Å². The van der Waals surface area contributed by atoms with Crippen molar-refractivity contribution in [2.45, 2.75) is 6.92 Å². The smallest absolute Gasteiger partial charge is 0.266 e. The monoisotopic (exact) mass is 491 g/mol. The molecule has 1 aliphatic rings. The predicted molar refractivity (Wildman–Crippen MR) is 141 cm³/mol. The van der Waals surface area contributed by atoms with Crippen LogP contribution in [0.25, 0.3) is 23.0 Å². The first-order valence-corrected chi connectivity index (χ1v) is 12.0. The molecule has 0 atom stereocenters. The van der Waals surface area contributed by atoms with Crippen LogP contribution in [0.3, 0.4) is 0 Å². The van der Waals surface area contributed by atoms with E-state index in [4.69, 9.17) is 26.8 Å². The first-order chi connectivity index (χ1) is 16.5. The molecule has 34 heavy (non-hydrogen) atoms. The number of hydrogen-bond donors (Lipinski definition) is 0. The minimum atomic E-state index is -0.115. The lowest BCUT2D eigenvalue weighted by molar-refractivity contribution is -0.122. The van der Waals surface area contributed by atoms with Crippen molar-refractivity contribution in [1.82, 2.24) is 14.7 Å². The number of hydrogen-bond acceptors (Lipinski definition) is 6. The average Bonchev–Trinajstić information content (AvgIpc) is 3.37. The molecule has 2 aromatic carbocycles. The third-order valence-electron chi connectivity index (χ3n) is 5.26. The van der Waals surface area contributed by atoms with Crippen LogP contribution in [0.5, 0.6) is 5.75 Å². The van der Waals surface area contributed by atoms with Crippen LogP contribution in [-0.2, 0) is 9.53 Å². The van der Waals surface area contributed by atoms with Crippen molar-refractivity contribution in [3.05, 3.63) is 83.4 Å². The van der Waals surface area contributed by atoms with Crippen LogP contribution < -0.4 is 4.74 Å². The van der Waals surface area contributed by atoms with E-state index in [9.17, 15) is 4.79 Å². The fraction of sp³-hybridized carbons (Fsp3) is 0.192. The number of carbonyl (C=O) groups excluding carboxylic acids is 1. The number of thiocarbonyl (C=S) groups is 1. The third kappa shape index (κ3) is 5.14. The Morgan fingerprint density at radius 1 is 1.21 bits per heavy atom. The number of para-hydroxylation sites is 1. The Hall–Kier alpha value is -3.20. The van der Waals surface area contributed by atoms with Gasteiger partial charge in [-0.1, -0.05) is 54.8 Å². The molecule has 0 aliphatic carbocycles. The number of aromatic nitrogens is 2. The maximum atomic E-state index is 13.0. The summed E-state index contributed by atoms with van der Waals surface area (Å²) < 4.78 is 13.2. The molecule has 1 saturated heterocycles. The van der Waals surface area contributed by atoms with Gasteiger partial charge in [-0.05, 0) is 48.9 Å². The van der Waals surface area contributed by atoms with E-state index in [-0.39, 0.29) is 5.91 Å². The van der Waals surface area contributed by atoms with E-state index in [1.807, 2.05) is 72.4 Å². The highest BCUT2D eigenvalue weighted by molar-refractivity contribution is 8.26. The van der Waals surface area contributed by atoms with E-state index in [1.54, 1.807) is 18.1 Å². The minimum Gasteiger partial charge on any atom is -0.490 e. The van der Waals surface area contributed by atoms with Crippen LogP contribution in [0.4, 0.5) is 0 Å². The first-order valence-electron chi connectivity index (χ1n) is 10.8. The number of aryl methyl sites for hydroxylation is 1. The quantitative estimate of drug-likeness (QED) is 0.231. The topological polar surface area (TPSA) is 56.6 Å². The lowest BCUT2D eigenvalue weighted by atomic mass is 10.0. The number of carbonyl (C=O) groups is 1. The number of rotatable bonds is 9. The molecule has 174 valence electrons. The van der Waals surface area contributed by atoms with Crippen molar-refractivity contribution in [1.29, 1.82) is 0 Å². The van der Waals surface area contributed by atoms with E-state index in [0.717, 1.165) is 33.8 Å². The Morgan fingerprint density at radius 3 is 2.71 bits per heavy atom. The Labute approximate surface area is 208 Å². The van der Waals surface area contributed by atoms with Crippen LogP contribution in [0.15, 0.2) is 72.3 Å². The van der Waals surface area contributed by atoms with Crippen molar-refractivity contribution in [3.8, 4) is 22.7 Å². The van der Waals surface area contributed by atoms with Gasteiger partial charge < -0.3 is 9.47 Å². The number of amides is 1. The fourth-order valence-corrected chi connectivity index (χ4v) is 4.88. The van der Waals surface area contributed by atoms with Crippen LogP contribution >= 0.6 is 24.0 Å². The molecular weight excluding hydrogens is 466 g/mol. The molecule has 6 nitrogen and oxygen atoms in total. The molecule has 0 saturated carbocycles. The van der Waals surface area contributed by atoms with Gasteiger partial charge in [-0.25, -0.2) is 4.68 Å². The largest absolute Gasteiger partial charge is 0.490 e. The molecule has 8 heteroatoms. The van der Waals surface area contributed by atoms with E-state index >= 15 is 0 Å². The van der Waals surface area contributed by atoms with Gasteiger partial charge in [-0.3, -0.25) is 9.69 Å². The Kier molecular flexibility index (Phi) is 7.62. The number of thioether (sulfide) groups is 1. The molecule has 0 spiro atoms. The maximum absolute atomic E-state index is 13.0. The van der Waals surface area contributed by atoms with Gasteiger partial charge in [0, 0.05) is 24.4 Å². The van der Waals surface area contributed by atoms with Crippen molar-refractivity contribution in [2.75, 3.05) is 26.9 Å². The third-order valence-corrected chi connectivity index (χ3v) is 6.64. The Bertz CT molecular complexity index is 1250. The zero-order chi connectivity index (χ0) is 24.1. The zero-order valence-corrected chi connectivity index (χ0v) is 20.7. The predicted octanol–water partition coefficient (Wildman–Crippen LogP) is 5.26. The summed E-state index contributed by atoms with van der Waals surface area (Å²) in [5, 5.41) is 4.89. The molecule has 4 rings (SSSR count). The van der Waals surface area contributed by atoms with Crippen molar-refractivity contribution >= 4 is 40.3 Å². The number of nitrogens with zero attached hydrogens (tertiary/aromatic N) is 3. The van der Waals surface area contributed by atoms with Gasteiger partial charge in [0.15, 0.2) is 0 Å².